The normalized spacial score (nSPS) is 22.1. The number of carbonyl (C=O) groups is 2. The highest BCUT2D eigenvalue weighted by Crippen LogP contribution is 2.38. The van der Waals surface area contributed by atoms with Crippen LogP contribution in [0.5, 0.6) is 0 Å². The van der Waals surface area contributed by atoms with Crippen LogP contribution in [0.25, 0.3) is 0 Å². The molecule has 37 heavy (non-hydrogen) atoms. The molecule has 0 spiro atoms. The Bertz CT molecular complexity index is 1140. The zero-order valence-corrected chi connectivity index (χ0v) is 21.7. The molecular weight excluding hydrogens is 507 g/mol. The third-order valence-corrected chi connectivity index (χ3v) is 7.56. The van der Waals surface area contributed by atoms with E-state index in [2.05, 4.69) is 4.98 Å². The average molecular weight is 538 g/mol. The van der Waals surface area contributed by atoms with Crippen LogP contribution in [0.15, 0.2) is 36.5 Å². The zero-order valence-electron chi connectivity index (χ0n) is 20.9. The second-order valence-electron chi connectivity index (χ2n) is 9.60. The lowest BCUT2D eigenvalue weighted by Gasteiger charge is -2.45. The van der Waals surface area contributed by atoms with Gasteiger partial charge in [0.25, 0.3) is 5.91 Å². The summed E-state index contributed by atoms with van der Waals surface area (Å²) in [6.45, 7) is 3.00. The monoisotopic (exact) mass is 537 g/mol. The van der Waals surface area contributed by atoms with Gasteiger partial charge in [0.1, 0.15) is 5.69 Å². The lowest BCUT2D eigenvalue weighted by Crippen LogP contribution is -2.55. The maximum absolute atomic E-state index is 14.0. The van der Waals surface area contributed by atoms with Crippen molar-refractivity contribution in [1.82, 2.24) is 14.8 Å². The quantitative estimate of drug-likeness (QED) is 0.485. The molecule has 1 saturated heterocycles. The van der Waals surface area contributed by atoms with Crippen molar-refractivity contribution >= 4 is 23.4 Å². The molecule has 10 heteroatoms. The fraction of sp³-hybridized carbons (Fsp3) is 0.519. The van der Waals surface area contributed by atoms with Gasteiger partial charge in [-0.05, 0) is 61.1 Å². The van der Waals surface area contributed by atoms with Crippen LogP contribution in [0.1, 0.15) is 65.8 Å². The van der Waals surface area contributed by atoms with Gasteiger partial charge in [-0.15, -0.1) is 0 Å². The van der Waals surface area contributed by atoms with Gasteiger partial charge < -0.3 is 14.5 Å². The standard InChI is InChI=1S/C27H31ClF3N3O3/c1-3-6-22-20(7-5-13-33(22)26(36)24-21(27(29,30)31)8-4-12-32-24)25(35)34-14-11-17-15-18(28)9-10-19(17)23(34)16-37-2/h4,8-10,12,15,20,22-23H,3,5-7,11,13-14,16H2,1-2H3/t20-,22-,23?/m1/s1. The molecule has 2 aliphatic rings. The number of halogens is 4. The van der Waals surface area contributed by atoms with Gasteiger partial charge >= 0.3 is 6.18 Å². The molecule has 0 aliphatic carbocycles. The Morgan fingerprint density at radius 3 is 2.68 bits per heavy atom. The van der Waals surface area contributed by atoms with E-state index in [-0.39, 0.29) is 18.5 Å². The zero-order chi connectivity index (χ0) is 26.7. The number of hydrogen-bond acceptors (Lipinski definition) is 4. The van der Waals surface area contributed by atoms with Crippen LogP contribution in [0.3, 0.4) is 0 Å². The van der Waals surface area contributed by atoms with Crippen molar-refractivity contribution in [3.8, 4) is 0 Å². The highest BCUT2D eigenvalue weighted by molar-refractivity contribution is 6.30. The first-order chi connectivity index (χ1) is 17.7. The number of methoxy groups -OCH3 is 1. The number of benzene rings is 1. The van der Waals surface area contributed by atoms with E-state index in [1.807, 2.05) is 24.0 Å². The van der Waals surface area contributed by atoms with E-state index >= 15 is 0 Å². The van der Waals surface area contributed by atoms with E-state index in [9.17, 15) is 22.8 Å². The number of fused-ring (bicyclic) bond motifs is 1. The number of pyridine rings is 1. The number of amides is 2. The van der Waals surface area contributed by atoms with E-state index in [4.69, 9.17) is 16.3 Å². The summed E-state index contributed by atoms with van der Waals surface area (Å²) < 4.78 is 46.4. The molecule has 200 valence electrons. The molecule has 3 atom stereocenters. The Balaban J connectivity index is 1.65. The Hall–Kier alpha value is -2.65. The summed E-state index contributed by atoms with van der Waals surface area (Å²) in [6, 6.07) is 6.84. The number of hydrogen-bond donors (Lipinski definition) is 0. The number of rotatable bonds is 6. The van der Waals surface area contributed by atoms with Crippen LogP contribution in [-0.2, 0) is 22.1 Å². The molecule has 1 aromatic carbocycles. The molecule has 0 N–H and O–H groups in total. The van der Waals surface area contributed by atoms with Crippen LogP contribution >= 0.6 is 11.6 Å². The molecule has 0 radical (unpaired) electrons. The fourth-order valence-corrected chi connectivity index (χ4v) is 5.88. The summed E-state index contributed by atoms with van der Waals surface area (Å²) in [5.41, 5.74) is 0.365. The number of nitrogens with zero attached hydrogens (tertiary/aromatic N) is 3. The minimum atomic E-state index is -4.71. The summed E-state index contributed by atoms with van der Waals surface area (Å²) in [5, 5.41) is 0.631. The summed E-state index contributed by atoms with van der Waals surface area (Å²) in [7, 11) is 1.58. The van der Waals surface area contributed by atoms with Gasteiger partial charge in [-0.3, -0.25) is 14.6 Å². The highest BCUT2D eigenvalue weighted by Gasteiger charge is 2.44. The van der Waals surface area contributed by atoms with Gasteiger partial charge in [0.2, 0.25) is 5.91 Å². The SMILES string of the molecule is CCC[C@@H]1[C@H](C(=O)N2CCc3cc(Cl)ccc3C2COC)CCCN1C(=O)c1ncccc1C(F)(F)F. The third kappa shape index (κ3) is 5.62. The average Bonchev–Trinajstić information content (AvgIpc) is 2.88. The first-order valence-electron chi connectivity index (χ1n) is 12.6. The number of piperidine rings is 1. The number of carbonyl (C=O) groups excluding carboxylic acids is 2. The highest BCUT2D eigenvalue weighted by atomic mass is 35.5. The molecule has 0 bridgehead atoms. The van der Waals surface area contributed by atoms with Crippen molar-refractivity contribution in [3.63, 3.8) is 0 Å². The van der Waals surface area contributed by atoms with Gasteiger partial charge in [-0.2, -0.15) is 13.2 Å². The molecule has 1 unspecified atom stereocenters. The van der Waals surface area contributed by atoms with Crippen LogP contribution in [0.4, 0.5) is 13.2 Å². The molecule has 6 nitrogen and oxygen atoms in total. The Morgan fingerprint density at radius 2 is 1.97 bits per heavy atom. The van der Waals surface area contributed by atoms with Crippen LogP contribution in [-0.4, -0.2) is 59.4 Å². The van der Waals surface area contributed by atoms with Crippen LogP contribution in [0.2, 0.25) is 5.02 Å². The molecule has 1 fully saturated rings. The van der Waals surface area contributed by atoms with E-state index in [1.165, 1.54) is 17.2 Å². The van der Waals surface area contributed by atoms with Crippen molar-refractivity contribution in [2.45, 2.75) is 57.3 Å². The third-order valence-electron chi connectivity index (χ3n) is 7.33. The fourth-order valence-electron chi connectivity index (χ4n) is 5.69. The number of ether oxygens (including phenoxy) is 1. The molecule has 3 heterocycles. The van der Waals surface area contributed by atoms with Gasteiger partial charge in [0.05, 0.1) is 24.1 Å². The van der Waals surface area contributed by atoms with Crippen molar-refractivity contribution in [2.75, 3.05) is 26.8 Å². The van der Waals surface area contributed by atoms with E-state index < -0.39 is 35.3 Å². The summed E-state index contributed by atoms with van der Waals surface area (Å²) in [6.07, 6.45) is -0.616. The lowest BCUT2D eigenvalue weighted by atomic mass is 9.83. The van der Waals surface area contributed by atoms with Gasteiger partial charge in [-0.25, -0.2) is 0 Å². The molecule has 2 amide bonds. The molecule has 2 aromatic rings. The summed E-state index contributed by atoms with van der Waals surface area (Å²) in [4.78, 5) is 34.6. The largest absolute Gasteiger partial charge is 0.418 e. The summed E-state index contributed by atoms with van der Waals surface area (Å²) >= 11 is 6.19. The first kappa shape index (κ1) is 27.4. The maximum atomic E-state index is 14.0. The predicted octanol–water partition coefficient (Wildman–Crippen LogP) is 5.55. The molecule has 4 rings (SSSR count). The molecule has 0 saturated carbocycles. The van der Waals surface area contributed by atoms with E-state index in [0.717, 1.165) is 17.2 Å². The van der Waals surface area contributed by atoms with Crippen LogP contribution < -0.4 is 0 Å². The second-order valence-corrected chi connectivity index (χ2v) is 10.0. The lowest BCUT2D eigenvalue weighted by molar-refractivity contribution is -0.144. The molecule has 1 aromatic heterocycles. The van der Waals surface area contributed by atoms with Gasteiger partial charge in [-0.1, -0.05) is 31.0 Å². The molecule has 2 aliphatic heterocycles. The first-order valence-corrected chi connectivity index (χ1v) is 13.0. The topological polar surface area (TPSA) is 62.7 Å². The predicted molar refractivity (Wildman–Crippen MR) is 133 cm³/mol. The Labute approximate surface area is 219 Å². The summed E-state index contributed by atoms with van der Waals surface area (Å²) in [5.74, 6) is -1.41. The van der Waals surface area contributed by atoms with Crippen molar-refractivity contribution in [2.24, 2.45) is 5.92 Å². The van der Waals surface area contributed by atoms with Crippen LogP contribution in [0, 0.1) is 5.92 Å². The van der Waals surface area contributed by atoms with Gasteiger partial charge in [0.15, 0.2) is 0 Å². The van der Waals surface area contributed by atoms with E-state index in [0.29, 0.717) is 50.3 Å². The van der Waals surface area contributed by atoms with Crippen molar-refractivity contribution < 1.29 is 27.5 Å². The van der Waals surface area contributed by atoms with Crippen molar-refractivity contribution in [3.05, 3.63) is 63.9 Å². The number of likely N-dealkylation sites (tertiary alicyclic amines) is 1. The molecular formula is C27H31ClF3N3O3. The second kappa shape index (κ2) is 11.4. The minimum Gasteiger partial charge on any atom is -0.382 e. The number of aromatic nitrogens is 1. The Morgan fingerprint density at radius 1 is 1.19 bits per heavy atom. The number of alkyl halides is 3. The minimum absolute atomic E-state index is 0.101. The Kier molecular flexibility index (Phi) is 8.43. The van der Waals surface area contributed by atoms with E-state index in [1.54, 1.807) is 13.2 Å². The van der Waals surface area contributed by atoms with Gasteiger partial charge in [0, 0.05) is 37.5 Å². The smallest absolute Gasteiger partial charge is 0.382 e. The maximum Gasteiger partial charge on any atom is 0.418 e. The van der Waals surface area contributed by atoms with Crippen molar-refractivity contribution in [1.29, 1.82) is 0 Å².